The quantitative estimate of drug-likeness (QED) is 0.848. The van der Waals surface area contributed by atoms with Crippen molar-refractivity contribution in [3.8, 4) is 0 Å². The number of nitrogens with zero attached hydrogens (tertiary/aromatic N) is 3. The number of halogens is 3. The van der Waals surface area contributed by atoms with E-state index >= 15 is 0 Å². The molecule has 2 aromatic rings. The average Bonchev–Trinajstić information content (AvgIpc) is 2.96. The van der Waals surface area contributed by atoms with Crippen LogP contribution in [0.4, 0.5) is 13.2 Å². The highest BCUT2D eigenvalue weighted by molar-refractivity contribution is 8.02. The van der Waals surface area contributed by atoms with Crippen LogP contribution in [0.15, 0.2) is 8.68 Å². The zero-order chi connectivity index (χ0) is 15.6. The van der Waals surface area contributed by atoms with Crippen LogP contribution in [0, 0.1) is 0 Å². The summed E-state index contributed by atoms with van der Waals surface area (Å²) in [5, 5.41) is 25.5. The number of carbonyl (C=O) groups is 1. The zero-order valence-corrected chi connectivity index (χ0v) is 12.4. The molecule has 2 heterocycles. The largest absolute Gasteiger partial charge is 0.477 e. The van der Waals surface area contributed by atoms with Crippen molar-refractivity contribution >= 4 is 40.4 Å². The predicted octanol–water partition coefficient (Wildman–Crippen LogP) is 2.40. The Morgan fingerprint density at radius 3 is 2.48 bits per heavy atom. The normalized spacial score (nSPS) is 11.8. The molecular weight excluding hydrogens is 351 g/mol. The summed E-state index contributed by atoms with van der Waals surface area (Å²) in [6.45, 7) is -0.113. The first-order chi connectivity index (χ1) is 9.81. The number of aromatic nitrogens is 3. The van der Waals surface area contributed by atoms with Crippen molar-refractivity contribution in [2.45, 2.75) is 21.3 Å². The zero-order valence-electron chi connectivity index (χ0n) is 9.92. The predicted molar refractivity (Wildman–Crippen MR) is 68.9 cm³/mol. The van der Waals surface area contributed by atoms with Gasteiger partial charge in [0, 0.05) is 13.0 Å². The molecule has 114 valence electrons. The molecule has 21 heavy (non-hydrogen) atoms. The maximum absolute atomic E-state index is 12.7. The fraction of sp³-hybridized carbons (Fsp3) is 0.333. The molecule has 0 atom stereocenters. The number of rotatable bonds is 5. The third kappa shape index (κ3) is 3.90. The Balaban J connectivity index is 2.26. The Kier molecular flexibility index (Phi) is 4.81. The van der Waals surface area contributed by atoms with Crippen molar-refractivity contribution in [3.05, 3.63) is 15.6 Å². The molecule has 0 bridgehead atoms. The summed E-state index contributed by atoms with van der Waals surface area (Å²) in [5.41, 5.74) is -1.41. The molecule has 2 aromatic heterocycles. The summed E-state index contributed by atoms with van der Waals surface area (Å²) in [6.07, 6.45) is -4.53. The number of alkyl halides is 3. The molecule has 0 saturated heterocycles. The number of aromatic carboxylic acids is 1. The first-order valence-electron chi connectivity index (χ1n) is 5.23. The minimum atomic E-state index is -4.83. The van der Waals surface area contributed by atoms with E-state index in [2.05, 4.69) is 15.2 Å². The molecule has 0 aliphatic rings. The molecule has 2 rings (SSSR count). The van der Waals surface area contributed by atoms with Crippen molar-refractivity contribution in [2.75, 3.05) is 6.61 Å². The molecule has 0 fully saturated rings. The van der Waals surface area contributed by atoms with E-state index in [1.165, 1.54) is 0 Å². The van der Waals surface area contributed by atoms with Crippen LogP contribution in [0.5, 0.6) is 0 Å². The maximum atomic E-state index is 12.7. The molecule has 0 aromatic carbocycles. The van der Waals surface area contributed by atoms with Crippen LogP contribution in [-0.4, -0.2) is 38.0 Å². The van der Waals surface area contributed by atoms with Crippen molar-refractivity contribution in [1.29, 1.82) is 0 Å². The summed E-state index contributed by atoms with van der Waals surface area (Å²) in [6, 6.07) is 0. The Bertz CT molecular complexity index is 655. The summed E-state index contributed by atoms with van der Waals surface area (Å²) in [7, 11) is 0. The first kappa shape index (κ1) is 16.1. The van der Waals surface area contributed by atoms with Crippen molar-refractivity contribution in [1.82, 2.24) is 15.2 Å². The topological polar surface area (TPSA) is 96.2 Å². The molecule has 0 saturated carbocycles. The van der Waals surface area contributed by atoms with Gasteiger partial charge in [-0.3, -0.25) is 0 Å². The van der Waals surface area contributed by atoms with Crippen LogP contribution in [0.3, 0.4) is 0 Å². The first-order valence-corrected chi connectivity index (χ1v) is 7.68. The lowest BCUT2D eigenvalue weighted by atomic mass is 10.3. The fourth-order valence-corrected chi connectivity index (χ4v) is 4.32. The van der Waals surface area contributed by atoms with Crippen LogP contribution in [0.1, 0.15) is 20.4 Å². The second kappa shape index (κ2) is 6.25. The second-order valence-corrected chi connectivity index (χ2v) is 7.05. The number of hydrogen-bond donors (Lipinski definition) is 2. The smallest absolute Gasteiger partial charge is 0.435 e. The van der Waals surface area contributed by atoms with Gasteiger partial charge in [0.1, 0.15) is 9.88 Å². The van der Waals surface area contributed by atoms with Crippen LogP contribution in [0.25, 0.3) is 0 Å². The van der Waals surface area contributed by atoms with Crippen LogP contribution in [0.2, 0.25) is 0 Å². The lowest BCUT2D eigenvalue weighted by Gasteiger charge is -2.02. The van der Waals surface area contributed by atoms with E-state index in [0.717, 1.165) is 23.1 Å². The van der Waals surface area contributed by atoms with Gasteiger partial charge in [-0.2, -0.15) is 13.2 Å². The van der Waals surface area contributed by atoms with E-state index in [4.69, 9.17) is 10.2 Å². The van der Waals surface area contributed by atoms with Gasteiger partial charge in [0.25, 0.3) is 0 Å². The van der Waals surface area contributed by atoms with E-state index < -0.39 is 22.7 Å². The molecule has 0 radical (unpaired) electrons. The maximum Gasteiger partial charge on any atom is 0.435 e. The van der Waals surface area contributed by atoms with Gasteiger partial charge in [-0.25, -0.2) is 9.78 Å². The molecular formula is C9H6F3N3O3S3. The van der Waals surface area contributed by atoms with E-state index in [1.54, 1.807) is 0 Å². The summed E-state index contributed by atoms with van der Waals surface area (Å²) in [5.74, 6) is -1.68. The highest BCUT2D eigenvalue weighted by atomic mass is 32.2. The Hall–Kier alpha value is -1.24. The van der Waals surface area contributed by atoms with Gasteiger partial charge in [0.2, 0.25) is 0 Å². The van der Waals surface area contributed by atoms with E-state index in [0.29, 0.717) is 27.1 Å². The number of carboxylic acids is 1. The van der Waals surface area contributed by atoms with Gasteiger partial charge in [-0.1, -0.05) is 22.7 Å². The number of thiazole rings is 1. The Morgan fingerprint density at radius 2 is 1.95 bits per heavy atom. The van der Waals surface area contributed by atoms with Gasteiger partial charge in [0.15, 0.2) is 14.4 Å². The Morgan fingerprint density at radius 1 is 1.24 bits per heavy atom. The minimum Gasteiger partial charge on any atom is -0.477 e. The van der Waals surface area contributed by atoms with Crippen molar-refractivity contribution < 1.29 is 28.2 Å². The summed E-state index contributed by atoms with van der Waals surface area (Å²) < 4.78 is 38.3. The second-order valence-electron chi connectivity index (χ2n) is 3.50. The third-order valence-corrected chi connectivity index (χ3v) is 5.16. The summed E-state index contributed by atoms with van der Waals surface area (Å²) in [4.78, 5) is 13.3. The van der Waals surface area contributed by atoms with E-state index in [9.17, 15) is 18.0 Å². The van der Waals surface area contributed by atoms with Gasteiger partial charge < -0.3 is 10.2 Å². The summed E-state index contributed by atoms with van der Waals surface area (Å²) >= 11 is 2.35. The SMILES string of the molecule is O=C(O)c1sc(Sc2nnc(CCO)s2)nc1C(F)(F)F. The van der Waals surface area contributed by atoms with Gasteiger partial charge in [-0.05, 0) is 11.8 Å². The molecule has 0 aliphatic heterocycles. The van der Waals surface area contributed by atoms with Crippen LogP contribution < -0.4 is 0 Å². The molecule has 12 heteroatoms. The molecule has 2 N–H and O–H groups in total. The van der Waals surface area contributed by atoms with Gasteiger partial charge in [-0.15, -0.1) is 10.2 Å². The number of hydrogen-bond acceptors (Lipinski definition) is 8. The number of aliphatic hydroxyl groups excluding tert-OH is 1. The van der Waals surface area contributed by atoms with Crippen LogP contribution >= 0.6 is 34.4 Å². The molecule has 0 aliphatic carbocycles. The Labute approximate surface area is 127 Å². The molecule has 0 amide bonds. The van der Waals surface area contributed by atoms with Crippen LogP contribution in [-0.2, 0) is 12.6 Å². The highest BCUT2D eigenvalue weighted by Crippen LogP contribution is 2.40. The van der Waals surface area contributed by atoms with Crippen molar-refractivity contribution in [3.63, 3.8) is 0 Å². The monoisotopic (exact) mass is 357 g/mol. The minimum absolute atomic E-state index is 0.0774. The number of carboxylic acid groups (broad SMARTS) is 1. The molecule has 6 nitrogen and oxygen atoms in total. The van der Waals surface area contributed by atoms with E-state index in [-0.39, 0.29) is 10.9 Å². The average molecular weight is 357 g/mol. The highest BCUT2D eigenvalue weighted by Gasteiger charge is 2.39. The number of aliphatic hydroxyl groups is 1. The lowest BCUT2D eigenvalue weighted by molar-refractivity contribution is -0.141. The third-order valence-electron chi connectivity index (χ3n) is 2.02. The van der Waals surface area contributed by atoms with Crippen molar-refractivity contribution in [2.24, 2.45) is 0 Å². The lowest BCUT2D eigenvalue weighted by Crippen LogP contribution is -2.11. The van der Waals surface area contributed by atoms with Gasteiger partial charge in [0.05, 0.1) is 0 Å². The van der Waals surface area contributed by atoms with E-state index in [1.807, 2.05) is 0 Å². The standard InChI is InChI=1S/C9H6F3N3O3S3/c10-9(11,12)5-4(6(17)18)20-7(13-5)21-8-15-14-3(19-8)1-2-16/h16H,1-2H2,(H,17,18). The molecule has 0 spiro atoms. The fourth-order valence-electron chi connectivity index (χ4n) is 1.23. The molecule has 0 unspecified atom stereocenters. The van der Waals surface area contributed by atoms with Gasteiger partial charge >= 0.3 is 12.1 Å².